The van der Waals surface area contributed by atoms with Crippen LogP contribution in [-0.4, -0.2) is 59.3 Å². The van der Waals surface area contributed by atoms with E-state index in [1.165, 1.54) is 17.4 Å². The zero-order chi connectivity index (χ0) is 20.3. The van der Waals surface area contributed by atoms with Crippen LogP contribution in [0, 0.1) is 24.0 Å². The number of anilines is 1. The number of piperazine rings is 1. The molecular weight excluding hydrogens is 380 g/mol. The highest BCUT2D eigenvalue weighted by molar-refractivity contribution is 7.12. The van der Waals surface area contributed by atoms with Crippen LogP contribution in [0.4, 0.5) is 11.4 Å². The summed E-state index contributed by atoms with van der Waals surface area (Å²) in [4.78, 5) is 40.0. The molecular formula is C19H22N4O4S. The molecule has 1 aromatic heterocycles. The van der Waals surface area contributed by atoms with Crippen molar-refractivity contribution in [2.45, 2.75) is 13.8 Å². The summed E-state index contributed by atoms with van der Waals surface area (Å²) in [5, 5.41) is 15.8. The number of benzene rings is 1. The van der Waals surface area contributed by atoms with Crippen LogP contribution in [0.2, 0.25) is 0 Å². The first-order valence-corrected chi connectivity index (χ1v) is 9.83. The molecule has 1 N–H and O–H groups in total. The van der Waals surface area contributed by atoms with Gasteiger partial charge in [0.05, 0.1) is 16.3 Å². The Bertz CT molecular complexity index is 890. The maximum atomic E-state index is 12.4. The molecule has 0 atom stereocenters. The number of nitrogens with one attached hydrogen (secondary N) is 1. The van der Waals surface area contributed by atoms with Gasteiger partial charge in [-0.15, -0.1) is 11.3 Å². The van der Waals surface area contributed by atoms with Crippen LogP contribution in [-0.2, 0) is 4.79 Å². The van der Waals surface area contributed by atoms with Crippen LogP contribution in [0.3, 0.4) is 0 Å². The van der Waals surface area contributed by atoms with E-state index in [4.69, 9.17) is 0 Å². The van der Waals surface area contributed by atoms with Gasteiger partial charge in [-0.1, -0.05) is 6.07 Å². The highest BCUT2D eigenvalue weighted by Crippen LogP contribution is 2.28. The summed E-state index contributed by atoms with van der Waals surface area (Å²) in [7, 11) is 0. The zero-order valence-electron chi connectivity index (χ0n) is 15.8. The largest absolute Gasteiger partial charge is 0.335 e. The number of carbonyl (C=O) groups excluding carboxylic acids is 2. The van der Waals surface area contributed by atoms with Crippen LogP contribution < -0.4 is 5.32 Å². The van der Waals surface area contributed by atoms with Gasteiger partial charge in [-0.3, -0.25) is 24.6 Å². The number of nitro groups is 1. The summed E-state index contributed by atoms with van der Waals surface area (Å²) in [6.07, 6.45) is 0. The molecule has 2 heterocycles. The smallest absolute Gasteiger partial charge is 0.293 e. The predicted octanol–water partition coefficient (Wildman–Crippen LogP) is 2.67. The van der Waals surface area contributed by atoms with E-state index in [1.54, 1.807) is 17.9 Å². The van der Waals surface area contributed by atoms with Gasteiger partial charge in [0.25, 0.3) is 11.6 Å². The second-order valence-corrected chi connectivity index (χ2v) is 7.75. The lowest BCUT2D eigenvalue weighted by atomic mass is 10.1. The quantitative estimate of drug-likeness (QED) is 0.613. The molecule has 1 aromatic carbocycles. The highest BCUT2D eigenvalue weighted by Gasteiger charge is 2.24. The van der Waals surface area contributed by atoms with E-state index in [0.717, 1.165) is 11.1 Å². The minimum absolute atomic E-state index is 0.0184. The second-order valence-electron chi connectivity index (χ2n) is 6.80. The molecule has 0 unspecified atom stereocenters. The summed E-state index contributed by atoms with van der Waals surface area (Å²) in [6, 6.07) is 6.76. The average Bonchev–Trinajstić information content (AvgIpc) is 3.19. The molecule has 1 aliphatic heterocycles. The van der Waals surface area contributed by atoms with Crippen molar-refractivity contribution in [3.63, 3.8) is 0 Å². The number of hydrogen-bond donors (Lipinski definition) is 1. The predicted molar refractivity (Wildman–Crippen MR) is 108 cm³/mol. The molecule has 0 saturated carbocycles. The monoisotopic (exact) mass is 402 g/mol. The number of nitrogens with zero attached hydrogens (tertiary/aromatic N) is 3. The maximum Gasteiger partial charge on any atom is 0.293 e. The third kappa shape index (κ3) is 4.55. The minimum atomic E-state index is -0.489. The van der Waals surface area contributed by atoms with Gasteiger partial charge < -0.3 is 10.2 Å². The van der Waals surface area contributed by atoms with Crippen molar-refractivity contribution in [1.82, 2.24) is 9.80 Å². The van der Waals surface area contributed by atoms with Crippen molar-refractivity contribution in [2.24, 2.45) is 0 Å². The zero-order valence-corrected chi connectivity index (χ0v) is 16.6. The fourth-order valence-electron chi connectivity index (χ4n) is 3.11. The van der Waals surface area contributed by atoms with Crippen molar-refractivity contribution in [3.8, 4) is 0 Å². The Morgan fingerprint density at radius 2 is 1.86 bits per heavy atom. The lowest BCUT2D eigenvalue weighted by Gasteiger charge is -2.34. The minimum Gasteiger partial charge on any atom is -0.335 e. The molecule has 1 fully saturated rings. The molecule has 9 heteroatoms. The standard InChI is InChI=1S/C19H22N4O4S/c1-13-10-15(16(23(26)27)11-14(13)2)20-18(24)12-21-5-7-22(8-6-21)19(25)17-4-3-9-28-17/h3-4,9-11H,5-8,12H2,1-2H3,(H,20,24). The van der Waals surface area contributed by atoms with Crippen LogP contribution in [0.1, 0.15) is 20.8 Å². The number of hydrogen-bond acceptors (Lipinski definition) is 6. The molecule has 0 radical (unpaired) electrons. The summed E-state index contributed by atoms with van der Waals surface area (Å²) >= 11 is 1.42. The molecule has 0 spiro atoms. The SMILES string of the molecule is Cc1cc(NC(=O)CN2CCN(C(=O)c3cccs3)CC2)c([N+](=O)[O-])cc1C. The van der Waals surface area contributed by atoms with Gasteiger partial charge >= 0.3 is 0 Å². The van der Waals surface area contributed by atoms with Gasteiger partial charge in [0.15, 0.2) is 0 Å². The molecule has 28 heavy (non-hydrogen) atoms. The summed E-state index contributed by atoms with van der Waals surface area (Å²) in [5.41, 5.74) is 1.78. The van der Waals surface area contributed by atoms with Gasteiger partial charge in [-0.05, 0) is 42.5 Å². The van der Waals surface area contributed by atoms with Crippen molar-refractivity contribution >= 4 is 34.5 Å². The van der Waals surface area contributed by atoms with E-state index in [-0.39, 0.29) is 29.7 Å². The summed E-state index contributed by atoms with van der Waals surface area (Å²) < 4.78 is 0. The lowest BCUT2D eigenvalue weighted by molar-refractivity contribution is -0.384. The van der Waals surface area contributed by atoms with Gasteiger partial charge in [-0.25, -0.2) is 0 Å². The Morgan fingerprint density at radius 1 is 1.18 bits per heavy atom. The maximum absolute atomic E-state index is 12.4. The number of aryl methyl sites for hydroxylation is 2. The first-order chi connectivity index (χ1) is 13.3. The fourth-order valence-corrected chi connectivity index (χ4v) is 3.80. The van der Waals surface area contributed by atoms with Crippen molar-refractivity contribution in [3.05, 3.63) is 55.8 Å². The number of carbonyl (C=O) groups is 2. The van der Waals surface area contributed by atoms with E-state index in [1.807, 2.05) is 29.3 Å². The number of amides is 2. The van der Waals surface area contributed by atoms with Crippen LogP contribution >= 0.6 is 11.3 Å². The van der Waals surface area contributed by atoms with Gasteiger partial charge in [-0.2, -0.15) is 0 Å². The van der Waals surface area contributed by atoms with E-state index in [2.05, 4.69) is 5.32 Å². The van der Waals surface area contributed by atoms with E-state index in [0.29, 0.717) is 31.1 Å². The van der Waals surface area contributed by atoms with Gasteiger partial charge in [0.1, 0.15) is 5.69 Å². The molecule has 2 aromatic rings. The molecule has 3 rings (SSSR count). The molecule has 0 aliphatic carbocycles. The Hall–Kier alpha value is -2.78. The normalized spacial score (nSPS) is 14.7. The lowest BCUT2D eigenvalue weighted by Crippen LogP contribution is -2.50. The van der Waals surface area contributed by atoms with E-state index < -0.39 is 4.92 Å². The van der Waals surface area contributed by atoms with Crippen LogP contribution in [0.5, 0.6) is 0 Å². The van der Waals surface area contributed by atoms with E-state index >= 15 is 0 Å². The average molecular weight is 402 g/mol. The van der Waals surface area contributed by atoms with Crippen molar-refractivity contribution in [2.75, 3.05) is 38.0 Å². The number of nitro benzene ring substituents is 1. The summed E-state index contributed by atoms with van der Waals surface area (Å²) in [6.45, 7) is 6.04. The molecule has 148 valence electrons. The topological polar surface area (TPSA) is 95.8 Å². The Balaban J connectivity index is 1.56. The Kier molecular flexibility index (Phi) is 6.05. The molecule has 2 amide bonds. The second kappa shape index (κ2) is 8.49. The fraction of sp³-hybridized carbons (Fsp3) is 0.368. The van der Waals surface area contributed by atoms with Crippen LogP contribution in [0.15, 0.2) is 29.6 Å². The molecule has 8 nitrogen and oxygen atoms in total. The first kappa shape index (κ1) is 20.0. The first-order valence-electron chi connectivity index (χ1n) is 8.96. The number of thiophene rings is 1. The highest BCUT2D eigenvalue weighted by atomic mass is 32.1. The summed E-state index contributed by atoms with van der Waals surface area (Å²) in [5.74, 6) is -0.283. The third-order valence-electron chi connectivity index (χ3n) is 4.84. The molecule has 1 saturated heterocycles. The third-order valence-corrected chi connectivity index (χ3v) is 5.70. The van der Waals surface area contributed by atoms with E-state index in [9.17, 15) is 19.7 Å². The number of rotatable bonds is 5. The van der Waals surface area contributed by atoms with Crippen molar-refractivity contribution < 1.29 is 14.5 Å². The molecule has 1 aliphatic rings. The molecule has 0 bridgehead atoms. The van der Waals surface area contributed by atoms with Crippen molar-refractivity contribution in [1.29, 1.82) is 0 Å². The Labute approximate surface area is 166 Å². The Morgan fingerprint density at radius 3 is 2.46 bits per heavy atom. The van der Waals surface area contributed by atoms with Gasteiger partial charge in [0.2, 0.25) is 5.91 Å². The van der Waals surface area contributed by atoms with Crippen LogP contribution in [0.25, 0.3) is 0 Å². The van der Waals surface area contributed by atoms with Gasteiger partial charge in [0, 0.05) is 32.2 Å².